The maximum Gasteiger partial charge on any atom is 0.274 e. The summed E-state index contributed by atoms with van der Waals surface area (Å²) in [6.07, 6.45) is 1.19. The van der Waals surface area contributed by atoms with Gasteiger partial charge in [0.15, 0.2) is 0 Å². The maximum absolute atomic E-state index is 10.9. The van der Waals surface area contributed by atoms with Gasteiger partial charge in [0.1, 0.15) is 12.0 Å². The number of nitrogens with zero attached hydrogens (tertiary/aromatic N) is 2. The van der Waals surface area contributed by atoms with E-state index in [-0.39, 0.29) is 23.7 Å². The van der Waals surface area contributed by atoms with Gasteiger partial charge in [-0.05, 0) is 0 Å². The monoisotopic (exact) mass is 168 g/mol. The molecule has 0 atom stereocenters. The van der Waals surface area contributed by atoms with Crippen LogP contribution < -0.4 is 10.9 Å². The van der Waals surface area contributed by atoms with Gasteiger partial charge in [-0.15, -0.1) is 10.2 Å². The summed E-state index contributed by atoms with van der Waals surface area (Å²) >= 11 is 0. The average Bonchev–Trinajstić information content (AvgIpc) is 2.03. The number of carbonyl (C=O) groups excluding carboxylic acids is 1. The van der Waals surface area contributed by atoms with Crippen molar-refractivity contribution in [2.24, 2.45) is 0 Å². The summed E-state index contributed by atoms with van der Waals surface area (Å²) in [5.74, 6) is -0.208. The molecule has 1 aromatic rings. The van der Waals surface area contributed by atoms with Crippen molar-refractivity contribution in [3.8, 4) is 0 Å². The van der Waals surface area contributed by atoms with Gasteiger partial charge >= 0.3 is 0 Å². The number of aromatic amines is 1. The van der Waals surface area contributed by atoms with E-state index >= 15 is 0 Å². The van der Waals surface area contributed by atoms with E-state index in [2.05, 4.69) is 20.5 Å². The van der Waals surface area contributed by atoms with E-state index in [4.69, 9.17) is 0 Å². The minimum atomic E-state index is -0.334. The number of rotatable bonds is 2. The average molecular weight is 168 g/mol. The van der Waals surface area contributed by atoms with Crippen molar-refractivity contribution in [1.29, 1.82) is 0 Å². The van der Waals surface area contributed by atoms with Crippen LogP contribution in [-0.2, 0) is 11.3 Å². The van der Waals surface area contributed by atoms with Crippen LogP contribution in [0.25, 0.3) is 0 Å². The first kappa shape index (κ1) is 8.38. The summed E-state index contributed by atoms with van der Waals surface area (Å²) in [5, 5.41) is 9.45. The van der Waals surface area contributed by atoms with Crippen LogP contribution in [-0.4, -0.2) is 21.1 Å². The third kappa shape index (κ3) is 2.15. The van der Waals surface area contributed by atoms with Gasteiger partial charge in [0, 0.05) is 6.92 Å². The highest BCUT2D eigenvalue weighted by Crippen LogP contribution is 1.78. The molecule has 1 aromatic heterocycles. The molecule has 0 spiro atoms. The van der Waals surface area contributed by atoms with Gasteiger partial charge in [0.2, 0.25) is 5.91 Å². The highest BCUT2D eigenvalue weighted by molar-refractivity contribution is 5.72. The molecule has 6 heteroatoms. The van der Waals surface area contributed by atoms with Crippen LogP contribution in [0.4, 0.5) is 0 Å². The van der Waals surface area contributed by atoms with Crippen molar-refractivity contribution >= 4 is 5.91 Å². The van der Waals surface area contributed by atoms with E-state index in [0.29, 0.717) is 0 Å². The molecule has 1 heterocycles. The highest BCUT2D eigenvalue weighted by atomic mass is 16.1. The number of hydrogen-bond acceptors (Lipinski definition) is 4. The summed E-state index contributed by atoms with van der Waals surface area (Å²) in [4.78, 5) is 23.7. The van der Waals surface area contributed by atoms with Gasteiger partial charge in [-0.3, -0.25) is 9.59 Å². The molecule has 1 rings (SSSR count). The molecule has 0 saturated heterocycles. The number of aromatic nitrogens is 3. The quantitative estimate of drug-likeness (QED) is 0.580. The Labute approximate surface area is 68.0 Å². The van der Waals surface area contributed by atoms with E-state index in [1.165, 1.54) is 13.3 Å². The Morgan fingerprint density at radius 2 is 2.50 bits per heavy atom. The molecule has 1 amide bonds. The van der Waals surface area contributed by atoms with E-state index in [9.17, 15) is 9.59 Å². The fourth-order valence-corrected chi connectivity index (χ4v) is 0.639. The van der Waals surface area contributed by atoms with Gasteiger partial charge in [-0.25, -0.2) is 0 Å². The summed E-state index contributed by atoms with van der Waals surface area (Å²) in [6, 6.07) is 0. The number of hydrogen-bond donors (Lipinski definition) is 2. The Balaban J connectivity index is 2.70. The Hall–Kier alpha value is -1.72. The van der Waals surface area contributed by atoms with Gasteiger partial charge in [0.25, 0.3) is 5.56 Å². The summed E-state index contributed by atoms with van der Waals surface area (Å²) in [7, 11) is 0. The molecule has 0 aliphatic heterocycles. The molecule has 0 aliphatic rings. The zero-order chi connectivity index (χ0) is 8.97. The van der Waals surface area contributed by atoms with Crippen LogP contribution in [0.1, 0.15) is 12.6 Å². The summed E-state index contributed by atoms with van der Waals surface area (Å²) in [5.41, 5.74) is -0.133. The summed E-state index contributed by atoms with van der Waals surface area (Å²) in [6.45, 7) is 1.48. The third-order valence-electron chi connectivity index (χ3n) is 1.20. The van der Waals surface area contributed by atoms with Gasteiger partial charge in [-0.2, -0.15) is 0 Å². The molecular weight excluding hydrogens is 160 g/mol. The molecule has 0 aliphatic carbocycles. The van der Waals surface area contributed by atoms with Crippen molar-refractivity contribution in [3.63, 3.8) is 0 Å². The minimum Gasteiger partial charge on any atom is -0.350 e. The zero-order valence-corrected chi connectivity index (χ0v) is 6.50. The first-order chi connectivity index (χ1) is 5.70. The van der Waals surface area contributed by atoms with Crippen LogP contribution in [0, 0.1) is 0 Å². The second kappa shape index (κ2) is 3.61. The standard InChI is InChI=1S/C6H8N4O2/c1-4(11)7-2-5-6(12)8-3-9-10-5/h3H,2H2,1H3,(H,7,11)(H,8,9,12). The predicted molar refractivity (Wildman–Crippen MR) is 40.2 cm³/mol. The Kier molecular flexibility index (Phi) is 2.52. The molecular formula is C6H8N4O2. The lowest BCUT2D eigenvalue weighted by molar-refractivity contribution is -0.119. The Bertz CT molecular complexity index is 332. The first-order valence-electron chi connectivity index (χ1n) is 3.34. The number of amides is 1. The topological polar surface area (TPSA) is 87.7 Å². The van der Waals surface area contributed by atoms with Crippen molar-refractivity contribution in [2.45, 2.75) is 13.5 Å². The fourth-order valence-electron chi connectivity index (χ4n) is 0.639. The zero-order valence-electron chi connectivity index (χ0n) is 6.50. The Morgan fingerprint density at radius 1 is 1.75 bits per heavy atom. The molecule has 0 radical (unpaired) electrons. The first-order valence-corrected chi connectivity index (χ1v) is 3.34. The van der Waals surface area contributed by atoms with E-state index in [1.807, 2.05) is 0 Å². The van der Waals surface area contributed by atoms with Gasteiger partial charge in [0.05, 0.1) is 6.54 Å². The van der Waals surface area contributed by atoms with Gasteiger partial charge < -0.3 is 10.3 Å². The molecule has 64 valence electrons. The maximum atomic E-state index is 10.9. The van der Waals surface area contributed by atoms with Crippen LogP contribution >= 0.6 is 0 Å². The highest BCUT2D eigenvalue weighted by Gasteiger charge is 2.00. The lowest BCUT2D eigenvalue weighted by atomic mass is 10.4. The lowest BCUT2D eigenvalue weighted by Gasteiger charge is -1.97. The van der Waals surface area contributed by atoms with E-state index < -0.39 is 0 Å². The van der Waals surface area contributed by atoms with Crippen molar-refractivity contribution in [3.05, 3.63) is 22.4 Å². The minimum absolute atomic E-state index is 0.110. The second-order valence-electron chi connectivity index (χ2n) is 2.17. The number of carbonyl (C=O) groups is 1. The molecule has 0 fully saturated rings. The van der Waals surface area contributed by atoms with Gasteiger partial charge in [-0.1, -0.05) is 0 Å². The number of H-pyrrole nitrogens is 1. The molecule has 2 N–H and O–H groups in total. The molecule has 0 saturated carbocycles. The molecule has 0 unspecified atom stereocenters. The van der Waals surface area contributed by atoms with Crippen molar-refractivity contribution < 1.29 is 4.79 Å². The van der Waals surface area contributed by atoms with E-state index in [1.54, 1.807) is 0 Å². The second-order valence-corrected chi connectivity index (χ2v) is 2.17. The van der Waals surface area contributed by atoms with E-state index in [0.717, 1.165) is 0 Å². The van der Waals surface area contributed by atoms with Crippen LogP contribution in [0.5, 0.6) is 0 Å². The van der Waals surface area contributed by atoms with Crippen molar-refractivity contribution in [1.82, 2.24) is 20.5 Å². The molecule has 12 heavy (non-hydrogen) atoms. The normalized spacial score (nSPS) is 9.42. The molecule has 6 nitrogen and oxygen atoms in total. The third-order valence-corrected chi connectivity index (χ3v) is 1.20. The lowest BCUT2D eigenvalue weighted by Crippen LogP contribution is -2.26. The molecule has 0 aromatic carbocycles. The Morgan fingerprint density at radius 3 is 3.08 bits per heavy atom. The fraction of sp³-hybridized carbons (Fsp3) is 0.333. The van der Waals surface area contributed by atoms with Crippen LogP contribution in [0.3, 0.4) is 0 Å². The number of nitrogens with one attached hydrogen (secondary N) is 2. The molecule has 0 bridgehead atoms. The SMILES string of the molecule is CC(=O)NCc1nnc[nH]c1=O. The predicted octanol–water partition coefficient (Wildman–Crippen LogP) is -1.20. The summed E-state index contributed by atoms with van der Waals surface area (Å²) < 4.78 is 0. The van der Waals surface area contributed by atoms with Crippen LogP contribution in [0.15, 0.2) is 11.1 Å². The largest absolute Gasteiger partial charge is 0.350 e. The van der Waals surface area contributed by atoms with Crippen LogP contribution in [0.2, 0.25) is 0 Å². The van der Waals surface area contributed by atoms with Crippen molar-refractivity contribution in [2.75, 3.05) is 0 Å². The smallest absolute Gasteiger partial charge is 0.274 e.